The molecule has 4 bridgehead atoms. The van der Waals surface area contributed by atoms with Crippen molar-refractivity contribution in [3.8, 4) is 17.2 Å². The van der Waals surface area contributed by atoms with Crippen molar-refractivity contribution in [1.82, 2.24) is 9.80 Å². The molecule has 55 heavy (non-hydrogen) atoms. The predicted octanol–water partition coefficient (Wildman–Crippen LogP) is 6.16. The number of aromatic hydroxyl groups is 1. The van der Waals surface area contributed by atoms with Crippen molar-refractivity contribution in [3.05, 3.63) is 58.2 Å². The molecule has 1 N–H and O–H groups in total. The number of amides is 1. The molecule has 3 unspecified atom stereocenters. The molecule has 4 heterocycles. The van der Waals surface area contributed by atoms with Crippen LogP contribution in [-0.2, 0) is 30.3 Å². The fraction of sp³-hybridized carbons (Fsp3) is 0.591. The Morgan fingerprint density at radius 1 is 0.982 bits per heavy atom. The average Bonchev–Trinajstić information content (AvgIpc) is 3.26. The Labute approximate surface area is 324 Å². The maximum absolute atomic E-state index is 15.7. The molecule has 11 heteroatoms. The summed E-state index contributed by atoms with van der Waals surface area (Å²) < 4.78 is 26.3. The lowest BCUT2D eigenvalue weighted by Gasteiger charge is -2.65. The molecule has 4 aliphatic heterocycles. The van der Waals surface area contributed by atoms with Crippen LogP contribution in [0.2, 0.25) is 0 Å². The van der Waals surface area contributed by atoms with Crippen molar-refractivity contribution in [2.24, 2.45) is 17.8 Å². The summed E-state index contributed by atoms with van der Waals surface area (Å²) in [5, 5.41) is 12.2. The molecule has 7 atom stereocenters. The van der Waals surface area contributed by atoms with E-state index in [9.17, 15) is 14.7 Å². The van der Waals surface area contributed by atoms with Gasteiger partial charge in [-0.3, -0.25) is 19.3 Å². The molecule has 3 saturated carbocycles. The number of methoxy groups -OCH3 is 1. The van der Waals surface area contributed by atoms with Gasteiger partial charge in [-0.25, -0.2) is 4.79 Å². The van der Waals surface area contributed by atoms with Crippen LogP contribution in [0.4, 0.5) is 0 Å². The summed E-state index contributed by atoms with van der Waals surface area (Å²) in [6.45, 7) is 17.5. The van der Waals surface area contributed by atoms with Gasteiger partial charge in [-0.1, -0.05) is 29.4 Å². The summed E-state index contributed by atoms with van der Waals surface area (Å²) in [7, 11) is 1.29. The monoisotopic (exact) mass is 756 g/mol. The Bertz CT molecular complexity index is 1940. The molecule has 2 saturated heterocycles. The van der Waals surface area contributed by atoms with Gasteiger partial charge in [0, 0.05) is 69.0 Å². The fourth-order valence-corrected chi connectivity index (χ4v) is 10.6. The van der Waals surface area contributed by atoms with Gasteiger partial charge in [0.15, 0.2) is 22.8 Å². The van der Waals surface area contributed by atoms with E-state index in [4.69, 9.17) is 18.9 Å². The lowest BCUT2D eigenvalue weighted by Crippen LogP contribution is -2.82. The van der Waals surface area contributed by atoms with Crippen molar-refractivity contribution in [2.45, 2.75) is 116 Å². The number of carbonyl (C=O) groups excluding carboxylic acids is 4. The lowest BCUT2D eigenvalue weighted by atomic mass is 9.44. The minimum absolute atomic E-state index is 0.0107. The molecule has 0 aromatic heterocycles. The molecule has 1 spiro atoms. The number of fused-ring (bicyclic) bond motifs is 2. The van der Waals surface area contributed by atoms with E-state index < -0.39 is 52.2 Å². The number of esters is 1. The summed E-state index contributed by atoms with van der Waals surface area (Å²) in [5.74, 6) is -2.45. The van der Waals surface area contributed by atoms with Crippen LogP contribution in [-0.4, -0.2) is 100 Å². The van der Waals surface area contributed by atoms with Gasteiger partial charge in [-0.2, -0.15) is 0 Å². The number of carbonyl (C=O) groups is 4. The van der Waals surface area contributed by atoms with Gasteiger partial charge >= 0.3 is 5.97 Å². The fourth-order valence-electron chi connectivity index (χ4n) is 10.6. The number of phenolic OH excluding ortho intramolecular Hbond substituents is 1. The van der Waals surface area contributed by atoms with Gasteiger partial charge < -0.3 is 29.0 Å². The Hall–Kier alpha value is -4.22. The molecule has 5 fully saturated rings. The van der Waals surface area contributed by atoms with Crippen molar-refractivity contribution < 1.29 is 43.2 Å². The molecule has 8 rings (SSSR count). The Morgan fingerprint density at radius 2 is 1.67 bits per heavy atom. The summed E-state index contributed by atoms with van der Waals surface area (Å²) in [4.78, 5) is 59.6. The first-order valence-electron chi connectivity index (χ1n) is 19.7. The maximum Gasteiger partial charge on any atom is 0.330 e. The van der Waals surface area contributed by atoms with Crippen LogP contribution < -0.4 is 9.47 Å². The number of ketones is 2. The van der Waals surface area contributed by atoms with E-state index in [0.717, 1.165) is 12.0 Å². The van der Waals surface area contributed by atoms with E-state index in [-0.39, 0.29) is 41.0 Å². The molecule has 296 valence electrons. The summed E-state index contributed by atoms with van der Waals surface area (Å²) >= 11 is 0. The van der Waals surface area contributed by atoms with Gasteiger partial charge in [0.1, 0.15) is 28.4 Å². The number of hydrogen-bond acceptors (Lipinski definition) is 10. The smallest absolute Gasteiger partial charge is 0.330 e. The van der Waals surface area contributed by atoms with E-state index in [0.29, 0.717) is 62.3 Å². The highest BCUT2D eigenvalue weighted by Gasteiger charge is 2.85. The van der Waals surface area contributed by atoms with E-state index in [1.165, 1.54) is 18.8 Å². The first-order chi connectivity index (χ1) is 25.9. The second-order valence-electron chi connectivity index (χ2n) is 17.5. The van der Waals surface area contributed by atoms with E-state index in [2.05, 4.69) is 30.9 Å². The number of hydrogen-bond donors (Lipinski definition) is 1. The summed E-state index contributed by atoms with van der Waals surface area (Å²) in [6, 6.07) is -0.560. The molecular weight excluding hydrogens is 700 g/mol. The zero-order valence-corrected chi connectivity index (χ0v) is 33.7. The molecule has 1 aromatic rings. The minimum Gasteiger partial charge on any atom is -0.506 e. The second kappa shape index (κ2) is 13.8. The van der Waals surface area contributed by atoms with Crippen LogP contribution in [0.15, 0.2) is 41.5 Å². The van der Waals surface area contributed by atoms with E-state index in [1.807, 2.05) is 46.8 Å². The number of allylic oxidation sites excluding steroid dienone is 4. The Kier molecular flexibility index (Phi) is 9.77. The maximum atomic E-state index is 15.7. The van der Waals surface area contributed by atoms with Crippen LogP contribution in [0.3, 0.4) is 0 Å². The normalized spacial score (nSPS) is 32.6. The van der Waals surface area contributed by atoms with Crippen LogP contribution in [0, 0.1) is 17.8 Å². The molecule has 11 nitrogen and oxygen atoms in total. The van der Waals surface area contributed by atoms with E-state index in [1.54, 1.807) is 17.9 Å². The minimum atomic E-state index is -1.62. The third-order valence-electron chi connectivity index (χ3n) is 13.1. The van der Waals surface area contributed by atoms with Crippen LogP contribution >= 0.6 is 0 Å². The molecule has 1 amide bonds. The van der Waals surface area contributed by atoms with Gasteiger partial charge in [-0.15, -0.1) is 0 Å². The topological polar surface area (TPSA) is 132 Å². The van der Waals surface area contributed by atoms with Crippen molar-refractivity contribution >= 4 is 29.5 Å². The van der Waals surface area contributed by atoms with E-state index >= 15 is 9.59 Å². The van der Waals surface area contributed by atoms with Gasteiger partial charge in [0.25, 0.3) is 0 Å². The summed E-state index contributed by atoms with van der Waals surface area (Å²) in [6.07, 6.45) is 13.2. The number of rotatable bonds is 9. The SMILES string of the molecule is COC(=O)/C=C/C[C@]12OC(C)(C)C3C[C@H](C1=O)C(N1CCN(C(C)=O)CC1)C1C(=O)c4c(O)c5c(c(CC=C(C)C)c4O[C@]132)O[C@](C)(CCC=C(C)C)C=C5. The zero-order chi connectivity index (χ0) is 39.8. The number of nitrogens with zero attached hydrogens (tertiary/aromatic N) is 2. The number of benzene rings is 1. The average molecular weight is 757 g/mol. The highest BCUT2D eigenvalue weighted by atomic mass is 16.6. The zero-order valence-electron chi connectivity index (χ0n) is 33.7. The third-order valence-corrected chi connectivity index (χ3v) is 13.1. The van der Waals surface area contributed by atoms with Gasteiger partial charge in [-0.05, 0) is 86.3 Å². The molecular formula is C44H56N2O9. The van der Waals surface area contributed by atoms with Crippen LogP contribution in [0.1, 0.15) is 103 Å². The lowest BCUT2D eigenvalue weighted by molar-refractivity contribution is -0.214. The summed E-state index contributed by atoms with van der Waals surface area (Å²) in [5.41, 5.74) is -1.28. The van der Waals surface area contributed by atoms with Crippen molar-refractivity contribution in [1.29, 1.82) is 0 Å². The highest BCUT2D eigenvalue weighted by molar-refractivity contribution is 6.10. The predicted molar refractivity (Wildman–Crippen MR) is 207 cm³/mol. The molecule has 1 aromatic carbocycles. The largest absolute Gasteiger partial charge is 0.506 e. The van der Waals surface area contributed by atoms with Gasteiger partial charge in [0.2, 0.25) is 5.91 Å². The Balaban J connectivity index is 1.45. The third kappa shape index (κ3) is 5.99. The number of phenols is 1. The second-order valence-corrected chi connectivity index (χ2v) is 17.5. The molecule has 7 aliphatic rings. The number of piperazine rings is 1. The highest BCUT2D eigenvalue weighted by Crippen LogP contribution is 2.71. The first-order valence-corrected chi connectivity index (χ1v) is 19.7. The number of Topliss-reactive ketones (excluding diaryl/α,β-unsaturated/α-hetero) is 2. The van der Waals surface area contributed by atoms with Gasteiger partial charge in [0.05, 0.1) is 24.2 Å². The quantitative estimate of drug-likeness (QED) is 0.178. The van der Waals surface area contributed by atoms with Crippen molar-refractivity contribution in [3.63, 3.8) is 0 Å². The van der Waals surface area contributed by atoms with Crippen LogP contribution in [0.25, 0.3) is 6.08 Å². The first kappa shape index (κ1) is 39.0. The number of ether oxygens (including phenoxy) is 4. The standard InChI is InChI=1S/C44H56N2O9/c1-25(2)12-10-17-42(8)19-16-28-36(49)33-37(50)34-35(46-22-20-45(21-23-46)27(5)47)30-24-31-41(6,7)55-43(40(30)51,18-11-13-32(48)52-9)44(31,34)54-39(33)29(38(28)53-42)15-14-26(3)4/h11-14,16,19,30-31,34-35,49H,10,15,17-18,20-24H2,1-9H3/b13-11+/t30-,31?,34?,35?,42+,43-,44-/m0/s1. The molecule has 0 radical (unpaired) electrons. The molecule has 3 aliphatic carbocycles. The van der Waals surface area contributed by atoms with Crippen molar-refractivity contribution in [2.75, 3.05) is 33.3 Å². The van der Waals surface area contributed by atoms with Crippen LogP contribution in [0.5, 0.6) is 17.2 Å². The Morgan fingerprint density at radius 3 is 2.31 bits per heavy atom.